The van der Waals surface area contributed by atoms with Crippen molar-refractivity contribution in [2.24, 2.45) is 0 Å². The number of fused-ring (bicyclic) bond motifs is 1. The molecule has 1 aromatic carbocycles. The fraction of sp³-hybridized carbons (Fsp3) is 0.444. The highest BCUT2D eigenvalue weighted by Gasteiger charge is 2.23. The van der Waals surface area contributed by atoms with E-state index in [1.165, 1.54) is 17.3 Å². The summed E-state index contributed by atoms with van der Waals surface area (Å²) in [5.41, 5.74) is 3.45. The molecule has 24 heavy (non-hydrogen) atoms. The number of rotatable bonds is 4. The highest BCUT2D eigenvalue weighted by molar-refractivity contribution is 5.83. The third-order valence-corrected chi connectivity index (χ3v) is 5.09. The predicted octanol–water partition coefficient (Wildman–Crippen LogP) is 3.30. The van der Waals surface area contributed by atoms with E-state index in [0.717, 1.165) is 49.9 Å². The minimum atomic E-state index is -0.166. The molecule has 2 aromatic heterocycles. The first kappa shape index (κ1) is 15.3. The van der Waals surface area contributed by atoms with Crippen LogP contribution >= 0.6 is 0 Å². The fourth-order valence-corrected chi connectivity index (χ4v) is 3.75. The van der Waals surface area contributed by atoms with Crippen molar-refractivity contribution in [2.75, 3.05) is 13.1 Å². The van der Waals surface area contributed by atoms with Crippen LogP contribution < -0.4 is 0 Å². The van der Waals surface area contributed by atoms with Gasteiger partial charge in [0, 0.05) is 30.2 Å². The van der Waals surface area contributed by atoms with Gasteiger partial charge in [0.1, 0.15) is 5.82 Å². The number of aryl methyl sites for hydroxylation is 1. The van der Waals surface area contributed by atoms with Gasteiger partial charge in [-0.25, -0.2) is 9.07 Å². The van der Waals surface area contributed by atoms with Crippen molar-refractivity contribution in [3.8, 4) is 0 Å². The number of halogens is 1. The Balaban J connectivity index is 1.45. The smallest absolute Gasteiger partial charge is 0.123 e. The molecule has 126 valence electrons. The molecule has 5 nitrogen and oxygen atoms in total. The van der Waals surface area contributed by atoms with Crippen LogP contribution in [0, 0.1) is 5.82 Å². The summed E-state index contributed by atoms with van der Waals surface area (Å²) < 4.78 is 15.5. The van der Waals surface area contributed by atoms with Crippen molar-refractivity contribution in [2.45, 2.75) is 38.8 Å². The molecule has 0 atom stereocenters. The molecule has 1 saturated heterocycles. The van der Waals surface area contributed by atoms with E-state index in [0.29, 0.717) is 5.92 Å². The first-order chi connectivity index (χ1) is 11.7. The number of nitrogens with one attached hydrogen (secondary N) is 1. The van der Waals surface area contributed by atoms with Crippen LogP contribution in [-0.2, 0) is 13.1 Å². The molecule has 0 saturated carbocycles. The second-order valence-corrected chi connectivity index (χ2v) is 6.53. The second-order valence-electron chi connectivity index (χ2n) is 6.53. The van der Waals surface area contributed by atoms with E-state index in [1.54, 1.807) is 6.07 Å². The number of hydrogen-bond acceptors (Lipinski definition) is 3. The van der Waals surface area contributed by atoms with Gasteiger partial charge in [0.2, 0.25) is 0 Å². The third-order valence-electron chi connectivity index (χ3n) is 5.09. The lowest BCUT2D eigenvalue weighted by molar-refractivity contribution is 0.200. The Labute approximate surface area is 140 Å². The Bertz CT molecular complexity index is 829. The Morgan fingerprint density at radius 3 is 2.92 bits per heavy atom. The molecule has 6 heteroatoms. The first-order valence-electron chi connectivity index (χ1n) is 8.61. The Kier molecular flexibility index (Phi) is 4.06. The monoisotopic (exact) mass is 327 g/mol. The molecule has 3 heterocycles. The lowest BCUT2D eigenvalue weighted by atomic mass is 9.89. The summed E-state index contributed by atoms with van der Waals surface area (Å²) in [5.74, 6) is 0.326. The molecule has 3 aromatic rings. The standard InChI is InChI=1S/C18H22FN5/c1-2-24-15(10-21-22-24)12-23-7-5-13(6-8-23)17-11-20-18-4-3-14(19)9-16(17)18/h3-4,9-11,13,20H,2,5-8,12H2,1H3. The normalized spacial score (nSPS) is 16.9. The van der Waals surface area contributed by atoms with Gasteiger partial charge in [-0.2, -0.15) is 0 Å². The van der Waals surface area contributed by atoms with Crippen LogP contribution in [0.2, 0.25) is 0 Å². The number of aromatic amines is 1. The van der Waals surface area contributed by atoms with Gasteiger partial charge in [-0.3, -0.25) is 4.90 Å². The summed E-state index contributed by atoms with van der Waals surface area (Å²) >= 11 is 0. The number of piperidine rings is 1. The number of H-pyrrole nitrogens is 1. The van der Waals surface area contributed by atoms with Crippen LogP contribution in [0.5, 0.6) is 0 Å². The van der Waals surface area contributed by atoms with Crippen molar-refractivity contribution in [1.29, 1.82) is 0 Å². The molecule has 0 radical (unpaired) electrons. The van der Waals surface area contributed by atoms with Crippen molar-refractivity contribution >= 4 is 10.9 Å². The molecule has 0 bridgehead atoms. The van der Waals surface area contributed by atoms with Gasteiger partial charge in [-0.05, 0) is 62.5 Å². The molecule has 1 fully saturated rings. The lowest BCUT2D eigenvalue weighted by Crippen LogP contribution is -2.33. The van der Waals surface area contributed by atoms with Gasteiger partial charge in [0.25, 0.3) is 0 Å². The van der Waals surface area contributed by atoms with Crippen molar-refractivity contribution < 1.29 is 4.39 Å². The van der Waals surface area contributed by atoms with E-state index >= 15 is 0 Å². The maximum absolute atomic E-state index is 13.6. The highest BCUT2D eigenvalue weighted by atomic mass is 19.1. The molecular weight excluding hydrogens is 305 g/mol. The van der Waals surface area contributed by atoms with Gasteiger partial charge in [0.15, 0.2) is 0 Å². The zero-order valence-electron chi connectivity index (χ0n) is 13.9. The van der Waals surface area contributed by atoms with Crippen LogP contribution in [0.3, 0.4) is 0 Å². The number of nitrogens with zero attached hydrogens (tertiary/aromatic N) is 4. The molecule has 0 aliphatic carbocycles. The van der Waals surface area contributed by atoms with Gasteiger partial charge < -0.3 is 4.98 Å². The van der Waals surface area contributed by atoms with Crippen LogP contribution in [0.25, 0.3) is 10.9 Å². The molecule has 1 aliphatic rings. The number of likely N-dealkylation sites (tertiary alicyclic amines) is 1. The van der Waals surface area contributed by atoms with Gasteiger partial charge >= 0.3 is 0 Å². The quantitative estimate of drug-likeness (QED) is 0.800. The van der Waals surface area contributed by atoms with Gasteiger partial charge in [0.05, 0.1) is 11.9 Å². The average Bonchev–Trinajstić information content (AvgIpc) is 3.22. The average molecular weight is 327 g/mol. The summed E-state index contributed by atoms with van der Waals surface area (Å²) in [6.07, 6.45) is 6.10. The highest BCUT2D eigenvalue weighted by Crippen LogP contribution is 2.33. The van der Waals surface area contributed by atoms with Crippen LogP contribution in [0.4, 0.5) is 4.39 Å². The summed E-state index contributed by atoms with van der Waals surface area (Å²) in [4.78, 5) is 5.73. The fourth-order valence-electron chi connectivity index (χ4n) is 3.75. The topological polar surface area (TPSA) is 49.7 Å². The summed E-state index contributed by atoms with van der Waals surface area (Å²) in [6.45, 7) is 5.92. The molecule has 0 unspecified atom stereocenters. The summed E-state index contributed by atoms with van der Waals surface area (Å²) in [7, 11) is 0. The number of benzene rings is 1. The molecular formula is C18H22FN5. The van der Waals surface area contributed by atoms with Crippen LogP contribution in [0.1, 0.15) is 36.9 Å². The number of aromatic nitrogens is 4. The van der Waals surface area contributed by atoms with Crippen molar-refractivity contribution in [3.63, 3.8) is 0 Å². The SMILES string of the molecule is CCn1nncc1CN1CCC(c2c[nH]c3ccc(F)cc23)CC1. The molecule has 1 aliphatic heterocycles. The van der Waals surface area contributed by atoms with Crippen LogP contribution in [0.15, 0.2) is 30.6 Å². The number of hydrogen-bond donors (Lipinski definition) is 1. The van der Waals surface area contributed by atoms with Gasteiger partial charge in [-0.15, -0.1) is 5.10 Å². The van der Waals surface area contributed by atoms with E-state index in [-0.39, 0.29) is 5.82 Å². The van der Waals surface area contributed by atoms with E-state index in [1.807, 2.05) is 16.9 Å². The van der Waals surface area contributed by atoms with Crippen LogP contribution in [-0.4, -0.2) is 38.0 Å². The second kappa shape index (κ2) is 6.36. The molecule has 4 rings (SSSR count). The third kappa shape index (κ3) is 2.82. The lowest BCUT2D eigenvalue weighted by Gasteiger charge is -2.31. The zero-order valence-corrected chi connectivity index (χ0v) is 13.9. The van der Waals surface area contributed by atoms with Gasteiger partial charge in [-0.1, -0.05) is 5.21 Å². The summed E-state index contributed by atoms with van der Waals surface area (Å²) in [5, 5.41) is 9.13. The Hall–Kier alpha value is -2.21. The largest absolute Gasteiger partial charge is 0.361 e. The first-order valence-corrected chi connectivity index (χ1v) is 8.61. The van der Waals surface area contributed by atoms with E-state index in [2.05, 4.69) is 33.3 Å². The van der Waals surface area contributed by atoms with E-state index < -0.39 is 0 Å². The maximum atomic E-state index is 13.6. The molecule has 1 N–H and O–H groups in total. The Morgan fingerprint density at radius 1 is 1.29 bits per heavy atom. The Morgan fingerprint density at radius 2 is 2.12 bits per heavy atom. The molecule has 0 amide bonds. The van der Waals surface area contributed by atoms with Crippen molar-refractivity contribution in [1.82, 2.24) is 24.9 Å². The zero-order chi connectivity index (χ0) is 16.5. The van der Waals surface area contributed by atoms with E-state index in [9.17, 15) is 4.39 Å². The predicted molar refractivity (Wildman–Crippen MR) is 91.2 cm³/mol. The maximum Gasteiger partial charge on any atom is 0.123 e. The minimum absolute atomic E-state index is 0.166. The van der Waals surface area contributed by atoms with E-state index in [4.69, 9.17) is 0 Å². The minimum Gasteiger partial charge on any atom is -0.361 e. The molecule has 0 spiro atoms. The van der Waals surface area contributed by atoms with Crippen molar-refractivity contribution in [3.05, 3.63) is 47.7 Å². The summed E-state index contributed by atoms with van der Waals surface area (Å²) in [6, 6.07) is 4.98.